The SMILES string of the molecule is OC(Cn1ccnc1-c1cnccn1)c1ccc(Cl)cc1Cl. The van der Waals surface area contributed by atoms with Crippen molar-refractivity contribution in [3.63, 3.8) is 0 Å². The Bertz CT molecular complexity index is 776. The molecule has 112 valence electrons. The first-order valence-corrected chi connectivity index (χ1v) is 7.31. The second-order valence-electron chi connectivity index (χ2n) is 4.68. The topological polar surface area (TPSA) is 63.8 Å². The van der Waals surface area contributed by atoms with E-state index in [4.69, 9.17) is 23.2 Å². The lowest BCUT2D eigenvalue weighted by Crippen LogP contribution is -2.10. The number of rotatable bonds is 4. The van der Waals surface area contributed by atoms with Crippen LogP contribution in [-0.2, 0) is 6.54 Å². The summed E-state index contributed by atoms with van der Waals surface area (Å²) in [5, 5.41) is 11.4. The Labute approximate surface area is 137 Å². The van der Waals surface area contributed by atoms with Gasteiger partial charge in [-0.05, 0) is 12.1 Å². The normalized spacial score (nSPS) is 12.3. The molecule has 22 heavy (non-hydrogen) atoms. The Balaban J connectivity index is 1.86. The highest BCUT2D eigenvalue weighted by Crippen LogP contribution is 2.28. The number of aliphatic hydroxyl groups excluding tert-OH is 1. The second-order valence-corrected chi connectivity index (χ2v) is 5.52. The van der Waals surface area contributed by atoms with Crippen molar-refractivity contribution in [1.29, 1.82) is 0 Å². The average Bonchev–Trinajstić information content (AvgIpc) is 2.96. The second kappa shape index (κ2) is 6.44. The van der Waals surface area contributed by atoms with Crippen LogP contribution < -0.4 is 0 Å². The van der Waals surface area contributed by atoms with Gasteiger partial charge in [-0.2, -0.15) is 0 Å². The van der Waals surface area contributed by atoms with Crippen LogP contribution in [0.2, 0.25) is 10.0 Å². The standard InChI is InChI=1S/C15H12Cl2N4O/c16-10-1-2-11(12(17)7-10)14(22)9-21-6-5-20-15(21)13-8-18-3-4-19-13/h1-8,14,22H,9H2. The summed E-state index contributed by atoms with van der Waals surface area (Å²) >= 11 is 12.0. The molecule has 3 aromatic rings. The van der Waals surface area contributed by atoms with Gasteiger partial charge >= 0.3 is 0 Å². The number of aromatic nitrogens is 4. The summed E-state index contributed by atoms with van der Waals surface area (Å²) in [5.41, 5.74) is 1.26. The van der Waals surface area contributed by atoms with Gasteiger partial charge in [-0.15, -0.1) is 0 Å². The van der Waals surface area contributed by atoms with E-state index in [-0.39, 0.29) is 0 Å². The molecule has 0 spiro atoms. The molecular formula is C15H12Cl2N4O. The fraction of sp³-hybridized carbons (Fsp3) is 0.133. The van der Waals surface area contributed by atoms with Crippen molar-refractivity contribution in [2.45, 2.75) is 12.6 Å². The van der Waals surface area contributed by atoms with Gasteiger partial charge in [0.15, 0.2) is 5.82 Å². The van der Waals surface area contributed by atoms with E-state index in [1.807, 2.05) is 0 Å². The van der Waals surface area contributed by atoms with E-state index in [1.165, 1.54) is 0 Å². The summed E-state index contributed by atoms with van der Waals surface area (Å²) < 4.78 is 1.81. The first-order valence-electron chi connectivity index (χ1n) is 6.55. The van der Waals surface area contributed by atoms with Gasteiger partial charge in [0.2, 0.25) is 0 Å². The van der Waals surface area contributed by atoms with Crippen molar-refractivity contribution < 1.29 is 5.11 Å². The number of benzene rings is 1. The average molecular weight is 335 g/mol. The van der Waals surface area contributed by atoms with Gasteiger partial charge < -0.3 is 9.67 Å². The molecule has 0 fully saturated rings. The van der Waals surface area contributed by atoms with Gasteiger partial charge in [0.25, 0.3) is 0 Å². The summed E-state index contributed by atoms with van der Waals surface area (Å²) in [6.07, 6.45) is 7.46. The zero-order valence-corrected chi connectivity index (χ0v) is 12.9. The van der Waals surface area contributed by atoms with Crippen LogP contribution in [-0.4, -0.2) is 24.6 Å². The maximum absolute atomic E-state index is 10.4. The Kier molecular flexibility index (Phi) is 4.38. The number of hydrogen-bond acceptors (Lipinski definition) is 4. The Morgan fingerprint density at radius 3 is 2.73 bits per heavy atom. The molecule has 0 aliphatic heterocycles. The fourth-order valence-electron chi connectivity index (χ4n) is 2.16. The molecule has 0 saturated heterocycles. The Morgan fingerprint density at radius 1 is 1.14 bits per heavy atom. The van der Waals surface area contributed by atoms with Gasteiger partial charge in [-0.1, -0.05) is 29.3 Å². The van der Waals surface area contributed by atoms with Crippen LogP contribution in [0.3, 0.4) is 0 Å². The van der Waals surface area contributed by atoms with Crippen molar-refractivity contribution in [1.82, 2.24) is 19.5 Å². The molecule has 1 atom stereocenters. The third-order valence-corrected chi connectivity index (χ3v) is 3.76. The van der Waals surface area contributed by atoms with Crippen LogP contribution in [0.1, 0.15) is 11.7 Å². The lowest BCUT2D eigenvalue weighted by molar-refractivity contribution is 0.157. The van der Waals surface area contributed by atoms with Gasteiger partial charge in [-0.3, -0.25) is 4.98 Å². The first-order chi connectivity index (χ1) is 10.6. The molecular weight excluding hydrogens is 323 g/mol. The van der Waals surface area contributed by atoms with Crippen molar-refractivity contribution in [2.75, 3.05) is 0 Å². The van der Waals surface area contributed by atoms with Gasteiger partial charge in [-0.25, -0.2) is 9.97 Å². The van der Waals surface area contributed by atoms with Crippen LogP contribution in [0, 0.1) is 0 Å². The van der Waals surface area contributed by atoms with Crippen molar-refractivity contribution in [3.05, 3.63) is 64.8 Å². The smallest absolute Gasteiger partial charge is 0.160 e. The number of halogens is 2. The summed E-state index contributed by atoms with van der Waals surface area (Å²) in [6.45, 7) is 0.299. The lowest BCUT2D eigenvalue weighted by Gasteiger charge is -2.15. The quantitative estimate of drug-likeness (QED) is 0.794. The maximum Gasteiger partial charge on any atom is 0.160 e. The largest absolute Gasteiger partial charge is 0.386 e. The van der Waals surface area contributed by atoms with Crippen molar-refractivity contribution >= 4 is 23.2 Å². The van der Waals surface area contributed by atoms with Gasteiger partial charge in [0.1, 0.15) is 5.69 Å². The van der Waals surface area contributed by atoms with Gasteiger partial charge in [0, 0.05) is 40.4 Å². The monoisotopic (exact) mass is 334 g/mol. The minimum absolute atomic E-state index is 0.299. The van der Waals surface area contributed by atoms with E-state index < -0.39 is 6.10 Å². The Hall–Kier alpha value is -1.95. The molecule has 1 aromatic carbocycles. The van der Waals surface area contributed by atoms with E-state index in [2.05, 4.69) is 15.0 Å². The molecule has 1 unspecified atom stereocenters. The molecule has 0 bridgehead atoms. The van der Waals surface area contributed by atoms with Crippen molar-refractivity contribution in [3.8, 4) is 11.5 Å². The molecule has 0 saturated carbocycles. The van der Waals surface area contributed by atoms with Crippen LogP contribution >= 0.6 is 23.2 Å². The summed E-state index contributed by atoms with van der Waals surface area (Å²) in [7, 11) is 0. The maximum atomic E-state index is 10.4. The molecule has 3 rings (SSSR count). The number of nitrogens with zero attached hydrogens (tertiary/aromatic N) is 4. The van der Waals surface area contributed by atoms with Crippen LogP contribution in [0.4, 0.5) is 0 Å². The minimum atomic E-state index is -0.783. The molecule has 2 aromatic heterocycles. The molecule has 0 aliphatic carbocycles. The molecule has 0 radical (unpaired) electrons. The number of imidazole rings is 1. The van der Waals surface area contributed by atoms with E-state index in [0.29, 0.717) is 33.7 Å². The fourth-order valence-corrected chi connectivity index (χ4v) is 2.70. The number of hydrogen-bond donors (Lipinski definition) is 1. The summed E-state index contributed by atoms with van der Waals surface area (Å²) in [4.78, 5) is 12.5. The molecule has 5 nitrogen and oxygen atoms in total. The predicted molar refractivity (Wildman–Crippen MR) is 84.7 cm³/mol. The summed E-state index contributed by atoms with van der Waals surface area (Å²) in [6, 6.07) is 5.02. The van der Waals surface area contributed by atoms with Crippen LogP contribution in [0.25, 0.3) is 11.5 Å². The third kappa shape index (κ3) is 3.11. The molecule has 1 N–H and O–H groups in total. The highest BCUT2D eigenvalue weighted by molar-refractivity contribution is 6.35. The highest BCUT2D eigenvalue weighted by atomic mass is 35.5. The lowest BCUT2D eigenvalue weighted by atomic mass is 10.1. The zero-order chi connectivity index (χ0) is 15.5. The zero-order valence-electron chi connectivity index (χ0n) is 11.4. The highest BCUT2D eigenvalue weighted by Gasteiger charge is 2.15. The van der Waals surface area contributed by atoms with E-state index in [9.17, 15) is 5.11 Å². The van der Waals surface area contributed by atoms with E-state index in [0.717, 1.165) is 0 Å². The number of aliphatic hydroxyl groups is 1. The van der Waals surface area contributed by atoms with Crippen LogP contribution in [0.5, 0.6) is 0 Å². The van der Waals surface area contributed by atoms with E-state index in [1.54, 1.807) is 53.8 Å². The van der Waals surface area contributed by atoms with Gasteiger partial charge in [0.05, 0.1) is 18.8 Å². The predicted octanol–water partition coefficient (Wildman–Crippen LogP) is 3.38. The van der Waals surface area contributed by atoms with Crippen molar-refractivity contribution in [2.24, 2.45) is 0 Å². The summed E-state index contributed by atoms with van der Waals surface area (Å²) in [5.74, 6) is 0.636. The van der Waals surface area contributed by atoms with E-state index >= 15 is 0 Å². The third-order valence-electron chi connectivity index (χ3n) is 3.20. The molecule has 2 heterocycles. The van der Waals surface area contributed by atoms with Crippen LogP contribution in [0.15, 0.2) is 49.2 Å². The Morgan fingerprint density at radius 2 is 2.00 bits per heavy atom. The minimum Gasteiger partial charge on any atom is -0.386 e. The molecule has 0 aliphatic rings. The molecule has 0 amide bonds. The molecule has 7 heteroatoms. The first kappa shape index (κ1) is 15.0.